The van der Waals surface area contributed by atoms with E-state index in [2.05, 4.69) is 17.4 Å². The Labute approximate surface area is 147 Å². The van der Waals surface area contributed by atoms with Crippen molar-refractivity contribution in [2.75, 3.05) is 13.1 Å². The monoisotopic (exact) mass is 339 g/mol. The van der Waals surface area contributed by atoms with Crippen LogP contribution in [-0.2, 0) is 24.3 Å². The van der Waals surface area contributed by atoms with Gasteiger partial charge in [0.15, 0.2) is 18.1 Å². The van der Waals surface area contributed by atoms with E-state index in [-0.39, 0.29) is 5.91 Å². The summed E-state index contributed by atoms with van der Waals surface area (Å²) >= 11 is 0. The molecule has 0 fully saturated rings. The van der Waals surface area contributed by atoms with Gasteiger partial charge in [-0.15, -0.1) is 0 Å². The molecule has 0 atom stereocenters. The number of amides is 1. The van der Waals surface area contributed by atoms with Gasteiger partial charge in [-0.1, -0.05) is 30.3 Å². The van der Waals surface area contributed by atoms with Gasteiger partial charge in [0, 0.05) is 6.54 Å². The summed E-state index contributed by atoms with van der Waals surface area (Å²) in [7, 11) is 0. The first-order chi connectivity index (χ1) is 12.3. The van der Waals surface area contributed by atoms with Gasteiger partial charge in [-0.2, -0.15) is 0 Å². The number of furan rings is 2. The summed E-state index contributed by atoms with van der Waals surface area (Å²) in [5, 5.41) is 3.00. The maximum Gasteiger partial charge on any atom is 0.275 e. The van der Waals surface area contributed by atoms with Crippen LogP contribution in [0.2, 0.25) is 0 Å². The van der Waals surface area contributed by atoms with Crippen LogP contribution in [0.5, 0.6) is 0 Å². The molecule has 0 unspecified atom stereocenters. The van der Waals surface area contributed by atoms with Crippen LogP contribution in [-0.4, -0.2) is 19.0 Å². The maximum atomic E-state index is 12.3. The van der Waals surface area contributed by atoms with Crippen molar-refractivity contribution >= 4 is 5.91 Å². The first-order valence-electron chi connectivity index (χ1n) is 8.48. The van der Waals surface area contributed by atoms with Gasteiger partial charge in [-0.3, -0.25) is 4.79 Å². The lowest BCUT2D eigenvalue weighted by molar-refractivity contribution is -0.921. The normalized spacial score (nSPS) is 10.9. The Hall–Kier alpha value is -2.79. The third-order valence-corrected chi connectivity index (χ3v) is 4.00. The fourth-order valence-electron chi connectivity index (χ4n) is 2.79. The minimum Gasteiger partial charge on any atom is -0.463 e. The van der Waals surface area contributed by atoms with Crippen molar-refractivity contribution < 1.29 is 18.5 Å². The number of rotatable bonds is 9. The molecule has 25 heavy (non-hydrogen) atoms. The third-order valence-electron chi connectivity index (χ3n) is 4.00. The van der Waals surface area contributed by atoms with Crippen LogP contribution in [0.3, 0.4) is 0 Å². The third kappa shape index (κ3) is 5.65. The van der Waals surface area contributed by atoms with Gasteiger partial charge in [-0.25, -0.2) is 0 Å². The Morgan fingerprint density at radius 2 is 1.52 bits per heavy atom. The minimum atomic E-state index is 0.0315. The Kier molecular flexibility index (Phi) is 6.06. The van der Waals surface area contributed by atoms with Gasteiger partial charge < -0.3 is 19.1 Å². The maximum absolute atomic E-state index is 12.3. The van der Waals surface area contributed by atoms with E-state index < -0.39 is 0 Å². The molecule has 3 aromatic rings. The highest BCUT2D eigenvalue weighted by Crippen LogP contribution is 2.00. The summed E-state index contributed by atoms with van der Waals surface area (Å²) in [4.78, 5) is 13.4. The van der Waals surface area contributed by atoms with Crippen LogP contribution in [0.4, 0.5) is 0 Å². The van der Waals surface area contributed by atoms with Gasteiger partial charge in [0.2, 0.25) is 0 Å². The van der Waals surface area contributed by atoms with Crippen molar-refractivity contribution in [2.45, 2.75) is 19.5 Å². The van der Waals surface area contributed by atoms with Crippen LogP contribution >= 0.6 is 0 Å². The first kappa shape index (κ1) is 17.0. The molecular formula is C20H23N2O3+. The molecule has 0 radical (unpaired) electrons. The quantitative estimate of drug-likeness (QED) is 0.625. The highest BCUT2D eigenvalue weighted by molar-refractivity contribution is 5.76. The average Bonchev–Trinajstić information content (AvgIpc) is 3.30. The summed E-state index contributed by atoms with van der Waals surface area (Å²) < 4.78 is 10.8. The molecule has 0 aliphatic rings. The average molecular weight is 339 g/mol. The molecule has 1 aromatic carbocycles. The van der Waals surface area contributed by atoms with Gasteiger partial charge in [-0.05, 0) is 36.2 Å². The Morgan fingerprint density at radius 1 is 0.880 bits per heavy atom. The summed E-state index contributed by atoms with van der Waals surface area (Å²) in [6.07, 6.45) is 4.14. The van der Waals surface area contributed by atoms with Crippen LogP contribution in [0.1, 0.15) is 17.1 Å². The molecule has 2 N–H and O–H groups in total. The second kappa shape index (κ2) is 8.89. The SMILES string of the molecule is O=C(C[NH+](Cc1ccco1)Cc1ccco1)NCCc1ccccc1. The van der Waals surface area contributed by atoms with Gasteiger partial charge in [0.1, 0.15) is 13.1 Å². The summed E-state index contributed by atoms with van der Waals surface area (Å²) in [6, 6.07) is 17.7. The van der Waals surface area contributed by atoms with Gasteiger partial charge in [0.05, 0.1) is 12.5 Å². The van der Waals surface area contributed by atoms with Crippen molar-refractivity contribution in [3.05, 3.63) is 84.2 Å². The molecule has 5 heteroatoms. The number of carbonyl (C=O) groups excluding carboxylic acids is 1. The van der Waals surface area contributed by atoms with Gasteiger partial charge >= 0.3 is 0 Å². The summed E-state index contributed by atoms with van der Waals surface area (Å²) in [6.45, 7) is 2.29. The molecule has 0 aliphatic carbocycles. The van der Waals surface area contributed by atoms with Crippen molar-refractivity contribution in [2.24, 2.45) is 0 Å². The molecule has 1 amide bonds. The van der Waals surface area contributed by atoms with E-state index in [0.717, 1.165) is 22.8 Å². The second-order valence-corrected chi connectivity index (χ2v) is 6.02. The predicted molar refractivity (Wildman–Crippen MR) is 93.8 cm³/mol. The molecule has 0 spiro atoms. The second-order valence-electron chi connectivity index (χ2n) is 6.02. The smallest absolute Gasteiger partial charge is 0.275 e. The number of benzene rings is 1. The molecule has 130 valence electrons. The fraction of sp³-hybridized carbons (Fsp3) is 0.250. The number of hydrogen-bond acceptors (Lipinski definition) is 3. The molecule has 0 aliphatic heterocycles. The van der Waals surface area contributed by atoms with E-state index >= 15 is 0 Å². The molecule has 3 rings (SSSR count). The molecule has 2 heterocycles. The number of hydrogen-bond donors (Lipinski definition) is 2. The molecule has 0 saturated heterocycles. The lowest BCUT2D eigenvalue weighted by Crippen LogP contribution is -3.10. The standard InChI is InChI=1S/C20H22N2O3/c23-20(21-11-10-17-6-2-1-3-7-17)16-22(14-18-8-4-12-24-18)15-19-9-5-13-25-19/h1-9,12-13H,10-11,14-16H2,(H,21,23)/p+1. The number of nitrogens with one attached hydrogen (secondary N) is 2. The van der Waals surface area contributed by atoms with Crippen molar-refractivity contribution in [3.8, 4) is 0 Å². The van der Waals surface area contributed by atoms with Gasteiger partial charge in [0.25, 0.3) is 5.91 Å². The zero-order chi connectivity index (χ0) is 17.3. The van der Waals surface area contributed by atoms with E-state index in [1.54, 1.807) is 12.5 Å². The Morgan fingerprint density at radius 3 is 2.08 bits per heavy atom. The minimum absolute atomic E-state index is 0.0315. The topological polar surface area (TPSA) is 59.8 Å². The van der Waals surface area contributed by atoms with Crippen molar-refractivity contribution in [1.29, 1.82) is 0 Å². The van der Waals surface area contributed by atoms with Crippen molar-refractivity contribution in [3.63, 3.8) is 0 Å². The van der Waals surface area contributed by atoms with Crippen LogP contribution in [0, 0.1) is 0 Å². The predicted octanol–water partition coefficient (Wildman–Crippen LogP) is 1.82. The van der Waals surface area contributed by atoms with E-state index in [4.69, 9.17) is 8.83 Å². The first-order valence-corrected chi connectivity index (χ1v) is 8.48. The molecule has 5 nitrogen and oxygen atoms in total. The van der Waals surface area contributed by atoms with E-state index in [1.807, 2.05) is 42.5 Å². The molecule has 0 bridgehead atoms. The van der Waals surface area contributed by atoms with Crippen LogP contribution in [0.25, 0.3) is 0 Å². The Bertz CT molecular complexity index is 700. The molecule has 0 saturated carbocycles. The summed E-state index contributed by atoms with van der Waals surface area (Å²) in [5.74, 6) is 1.75. The molecule has 2 aromatic heterocycles. The highest BCUT2D eigenvalue weighted by atomic mass is 16.3. The van der Waals surface area contributed by atoms with E-state index in [1.165, 1.54) is 5.56 Å². The van der Waals surface area contributed by atoms with Crippen LogP contribution in [0.15, 0.2) is 76.0 Å². The lowest BCUT2D eigenvalue weighted by Gasteiger charge is -2.17. The van der Waals surface area contributed by atoms with Crippen LogP contribution < -0.4 is 10.2 Å². The zero-order valence-electron chi connectivity index (χ0n) is 14.1. The summed E-state index contributed by atoms with van der Waals surface area (Å²) in [5.41, 5.74) is 1.22. The fourth-order valence-corrected chi connectivity index (χ4v) is 2.79. The Balaban J connectivity index is 1.50. The largest absolute Gasteiger partial charge is 0.463 e. The zero-order valence-corrected chi connectivity index (χ0v) is 14.1. The van der Waals surface area contributed by atoms with Crippen molar-refractivity contribution in [1.82, 2.24) is 5.32 Å². The highest BCUT2D eigenvalue weighted by Gasteiger charge is 2.18. The molecular weight excluding hydrogens is 316 g/mol. The van der Waals surface area contributed by atoms with E-state index in [0.29, 0.717) is 26.2 Å². The van der Waals surface area contributed by atoms with E-state index in [9.17, 15) is 4.79 Å². The lowest BCUT2D eigenvalue weighted by atomic mass is 10.1. The number of quaternary nitrogens is 1. The number of carbonyl (C=O) groups is 1.